The fourth-order valence-corrected chi connectivity index (χ4v) is 0.954. The topological polar surface area (TPSA) is 66.5 Å². The van der Waals surface area contributed by atoms with Gasteiger partial charge in [0.15, 0.2) is 0 Å². The first-order valence-electron chi connectivity index (χ1n) is 3.81. The van der Waals surface area contributed by atoms with Crippen molar-refractivity contribution in [2.75, 3.05) is 12.0 Å². The Balaban J connectivity index is 3.01. The minimum atomic E-state index is -1.62. The molecule has 0 heterocycles. The van der Waals surface area contributed by atoms with Gasteiger partial charge < -0.3 is 4.74 Å². The van der Waals surface area contributed by atoms with E-state index in [4.69, 9.17) is 0 Å². The number of nitrogens with zero attached hydrogens (tertiary/aromatic N) is 1. The number of hydrogen-bond acceptors (Lipinski definition) is 3. The lowest BCUT2D eigenvalue weighted by Gasteiger charge is -2.13. The summed E-state index contributed by atoms with van der Waals surface area (Å²) in [5.74, 6) is 0. The normalized spacial score (nSPS) is 9.21. The predicted octanol–water partition coefficient (Wildman–Crippen LogP) is 1.81. The van der Waals surface area contributed by atoms with Crippen molar-refractivity contribution in [1.82, 2.24) is 0 Å². The zero-order chi connectivity index (χ0) is 10.6. The van der Waals surface area contributed by atoms with E-state index in [1.165, 1.54) is 12.1 Å². The Kier molecular flexibility index (Phi) is 3.06. The second-order valence-electron chi connectivity index (χ2n) is 2.41. The molecule has 0 aliphatic carbocycles. The first kappa shape index (κ1) is 10.0. The molecule has 0 saturated heterocycles. The number of imide groups is 1. The molecule has 0 saturated carbocycles. The molecule has 1 aromatic rings. The van der Waals surface area contributed by atoms with Gasteiger partial charge in [0, 0.05) is 0 Å². The van der Waals surface area contributed by atoms with Crippen LogP contribution in [-0.2, 0) is 9.84 Å². The van der Waals surface area contributed by atoms with E-state index in [1.807, 2.05) is 0 Å². The van der Waals surface area contributed by atoms with Gasteiger partial charge in [0.2, 0.25) is 0 Å². The van der Waals surface area contributed by atoms with Crippen molar-refractivity contribution < 1.29 is 19.4 Å². The monoisotopic (exact) mass is 194 g/mol. The maximum Gasteiger partial charge on any atom is 0.467 e. The smallest absolute Gasteiger partial charge is 0.452 e. The van der Waals surface area contributed by atoms with E-state index in [9.17, 15) is 14.7 Å². The number of carbonyl (C=O) groups excluding carboxylic acids is 2. The highest BCUT2D eigenvalue weighted by atomic mass is 16.5. The Hall–Kier alpha value is -2.04. The number of para-hydroxylation sites is 1. The van der Waals surface area contributed by atoms with Crippen LogP contribution in [0.5, 0.6) is 0 Å². The molecule has 0 bridgehead atoms. The molecule has 0 fully saturated rings. The zero-order valence-electron chi connectivity index (χ0n) is 7.47. The van der Waals surface area contributed by atoms with Crippen LogP contribution < -0.4 is 4.90 Å². The number of carbonyl (C=O) groups is 2. The lowest BCUT2D eigenvalue weighted by molar-refractivity contribution is 0.158. The lowest BCUT2D eigenvalue weighted by Crippen LogP contribution is -2.34. The van der Waals surface area contributed by atoms with Crippen molar-refractivity contribution >= 4 is 17.9 Å². The van der Waals surface area contributed by atoms with Gasteiger partial charge in [-0.3, -0.25) is 0 Å². The molecule has 5 heteroatoms. The highest BCUT2D eigenvalue weighted by Gasteiger charge is 2.24. The van der Waals surface area contributed by atoms with Gasteiger partial charge in [0.1, 0.15) is 0 Å². The number of hydrogen-bond donors (Lipinski definition) is 0. The molecule has 5 nitrogen and oxygen atoms in total. The maximum absolute atomic E-state index is 11.0. The third-order valence-electron chi connectivity index (χ3n) is 1.55. The van der Waals surface area contributed by atoms with Gasteiger partial charge in [-0.05, 0) is 12.1 Å². The number of rotatable bonds is 1. The van der Waals surface area contributed by atoms with E-state index in [0.29, 0.717) is 4.90 Å². The summed E-state index contributed by atoms with van der Waals surface area (Å²) in [4.78, 5) is 22.1. The van der Waals surface area contributed by atoms with Crippen LogP contribution in [0.1, 0.15) is 0 Å². The van der Waals surface area contributed by atoms with Crippen LogP contribution in [0.2, 0.25) is 0 Å². The van der Waals surface area contributed by atoms with Crippen molar-refractivity contribution in [1.29, 1.82) is 0 Å². The van der Waals surface area contributed by atoms with Crippen LogP contribution in [0.15, 0.2) is 30.3 Å². The minimum absolute atomic E-state index is 0.194. The molecule has 14 heavy (non-hydrogen) atoms. The average molecular weight is 194 g/mol. The number of ether oxygens (including phenoxy) is 1. The summed E-state index contributed by atoms with van der Waals surface area (Å²) in [5.41, 5.74) is 0.194. The van der Waals surface area contributed by atoms with Gasteiger partial charge in [-0.15, -0.1) is 0 Å². The Morgan fingerprint density at radius 3 is 2.21 bits per heavy atom. The molecule has 0 spiro atoms. The molecule has 1 aromatic carbocycles. The molecule has 2 amide bonds. The Labute approximate surface area is 80.5 Å². The molecule has 1 rings (SSSR count). The summed E-state index contributed by atoms with van der Waals surface area (Å²) in [6.45, 7) is 0. The van der Waals surface area contributed by atoms with Crippen molar-refractivity contribution in [2.45, 2.75) is 0 Å². The zero-order valence-corrected chi connectivity index (χ0v) is 7.47. The second-order valence-corrected chi connectivity index (χ2v) is 2.41. The SMILES string of the molecule is COC(=O)N(C([O])=O)c1ccccc1. The third kappa shape index (κ3) is 2.01. The molecule has 0 unspecified atom stereocenters. The quantitative estimate of drug-likeness (QED) is 0.684. The summed E-state index contributed by atoms with van der Waals surface area (Å²) in [5, 5.41) is 10.6. The molecular formula is C9H8NO4. The predicted molar refractivity (Wildman–Crippen MR) is 47.4 cm³/mol. The molecule has 0 aliphatic heterocycles. The number of methoxy groups -OCH3 is 1. The molecule has 0 N–H and O–H groups in total. The van der Waals surface area contributed by atoms with Gasteiger partial charge in [-0.25, -0.2) is 14.7 Å². The summed E-state index contributed by atoms with van der Waals surface area (Å²) >= 11 is 0. The van der Waals surface area contributed by atoms with Crippen LogP contribution in [0, 0.1) is 0 Å². The van der Waals surface area contributed by atoms with Crippen molar-refractivity contribution in [3.63, 3.8) is 0 Å². The van der Waals surface area contributed by atoms with Crippen LogP contribution in [0.3, 0.4) is 0 Å². The fourth-order valence-electron chi connectivity index (χ4n) is 0.954. The summed E-state index contributed by atoms with van der Waals surface area (Å²) in [7, 11) is 1.10. The summed E-state index contributed by atoms with van der Waals surface area (Å²) in [6, 6.07) is 7.84. The van der Waals surface area contributed by atoms with Crippen molar-refractivity contribution in [2.24, 2.45) is 0 Å². The lowest BCUT2D eigenvalue weighted by atomic mass is 10.3. The highest BCUT2D eigenvalue weighted by molar-refractivity contribution is 6.08. The van der Waals surface area contributed by atoms with Gasteiger partial charge in [-0.1, -0.05) is 18.2 Å². The fraction of sp³-hybridized carbons (Fsp3) is 0.111. The molecule has 0 aromatic heterocycles. The van der Waals surface area contributed by atoms with Crippen LogP contribution >= 0.6 is 0 Å². The maximum atomic E-state index is 11.0. The van der Waals surface area contributed by atoms with E-state index in [0.717, 1.165) is 7.11 Å². The van der Waals surface area contributed by atoms with Crippen LogP contribution in [-0.4, -0.2) is 19.3 Å². The molecule has 1 radical (unpaired) electrons. The van der Waals surface area contributed by atoms with E-state index >= 15 is 0 Å². The summed E-state index contributed by atoms with van der Waals surface area (Å²) < 4.78 is 4.29. The van der Waals surface area contributed by atoms with Gasteiger partial charge >= 0.3 is 12.2 Å². The largest absolute Gasteiger partial charge is 0.467 e. The Morgan fingerprint density at radius 2 is 1.79 bits per heavy atom. The van der Waals surface area contributed by atoms with E-state index in [-0.39, 0.29) is 5.69 Å². The standard InChI is InChI=1S/C9H8NO4/c1-14-9(13)10(8(11)12)7-5-3-2-4-6-7/h2-6H,1H3. The van der Waals surface area contributed by atoms with Crippen molar-refractivity contribution in [3.05, 3.63) is 30.3 Å². The van der Waals surface area contributed by atoms with Crippen LogP contribution in [0.4, 0.5) is 15.3 Å². The molecular weight excluding hydrogens is 186 g/mol. The Bertz CT molecular complexity index is 336. The Morgan fingerprint density at radius 1 is 1.21 bits per heavy atom. The highest BCUT2D eigenvalue weighted by Crippen LogP contribution is 2.14. The van der Waals surface area contributed by atoms with Gasteiger partial charge in [0.25, 0.3) is 0 Å². The van der Waals surface area contributed by atoms with E-state index in [1.54, 1.807) is 18.2 Å². The third-order valence-corrected chi connectivity index (χ3v) is 1.55. The summed E-state index contributed by atoms with van der Waals surface area (Å²) in [6.07, 6.45) is -2.61. The molecule has 0 atom stereocenters. The first-order valence-corrected chi connectivity index (χ1v) is 3.81. The van der Waals surface area contributed by atoms with E-state index in [2.05, 4.69) is 4.74 Å². The van der Waals surface area contributed by atoms with Crippen LogP contribution in [0.25, 0.3) is 0 Å². The van der Waals surface area contributed by atoms with Gasteiger partial charge in [0.05, 0.1) is 12.8 Å². The number of benzene rings is 1. The van der Waals surface area contributed by atoms with E-state index < -0.39 is 12.2 Å². The minimum Gasteiger partial charge on any atom is -0.452 e. The molecule has 0 aliphatic rings. The average Bonchev–Trinajstić information content (AvgIpc) is 2.19. The first-order chi connectivity index (χ1) is 6.66. The van der Waals surface area contributed by atoms with Gasteiger partial charge in [-0.2, -0.15) is 4.90 Å². The number of amides is 2. The number of anilines is 1. The molecule has 73 valence electrons. The van der Waals surface area contributed by atoms with Crippen molar-refractivity contribution in [3.8, 4) is 0 Å². The second kappa shape index (κ2) is 4.27.